The van der Waals surface area contributed by atoms with Crippen LogP contribution in [-0.2, 0) is 0 Å². The molecule has 3 aromatic heterocycles. The molecule has 0 unspecified atom stereocenters. The van der Waals surface area contributed by atoms with Gasteiger partial charge in [0.25, 0.3) is 0 Å². The van der Waals surface area contributed by atoms with Crippen LogP contribution in [0.25, 0.3) is 16.9 Å². The van der Waals surface area contributed by atoms with Gasteiger partial charge in [-0.25, -0.2) is 9.97 Å². The van der Waals surface area contributed by atoms with Crippen LogP contribution in [0.1, 0.15) is 0 Å². The van der Waals surface area contributed by atoms with E-state index in [4.69, 9.17) is 5.73 Å². The Morgan fingerprint density at radius 3 is 2.81 bits per heavy atom. The van der Waals surface area contributed by atoms with Crippen LogP contribution in [0, 0.1) is 0 Å². The summed E-state index contributed by atoms with van der Waals surface area (Å²) in [5.41, 5.74) is 8.32. The molecule has 0 aliphatic rings. The molecule has 2 N–H and O–H groups in total. The fourth-order valence-corrected chi connectivity index (χ4v) is 1.61. The lowest BCUT2D eigenvalue weighted by atomic mass is 10.2. The van der Waals surface area contributed by atoms with E-state index in [1.54, 1.807) is 30.9 Å². The molecular formula is C11H9N5. The summed E-state index contributed by atoms with van der Waals surface area (Å²) >= 11 is 0. The number of nitrogens with two attached hydrogens (primary N) is 1. The smallest absolute Gasteiger partial charge is 0.155 e. The fourth-order valence-electron chi connectivity index (χ4n) is 1.61. The molecule has 0 saturated heterocycles. The third-order valence-electron chi connectivity index (χ3n) is 2.40. The number of aromatic nitrogens is 4. The van der Waals surface area contributed by atoms with Gasteiger partial charge in [-0.2, -0.15) is 0 Å². The normalized spacial score (nSPS) is 10.8. The number of fused-ring (bicyclic) bond motifs is 1. The zero-order chi connectivity index (χ0) is 11.0. The minimum absolute atomic E-state index is 0.513. The lowest BCUT2D eigenvalue weighted by Crippen LogP contribution is -1.91. The van der Waals surface area contributed by atoms with Crippen molar-refractivity contribution in [2.75, 3.05) is 5.73 Å². The zero-order valence-electron chi connectivity index (χ0n) is 8.41. The number of anilines is 1. The molecule has 3 heterocycles. The van der Waals surface area contributed by atoms with E-state index in [9.17, 15) is 0 Å². The predicted molar refractivity (Wildman–Crippen MR) is 60.6 cm³/mol. The molecule has 0 atom stereocenters. The Morgan fingerprint density at radius 1 is 1.06 bits per heavy atom. The van der Waals surface area contributed by atoms with Gasteiger partial charge in [-0.15, -0.1) is 0 Å². The van der Waals surface area contributed by atoms with E-state index >= 15 is 0 Å². The second-order valence-corrected chi connectivity index (χ2v) is 3.42. The molecule has 0 amide bonds. The highest BCUT2D eigenvalue weighted by atomic mass is 15.0. The van der Waals surface area contributed by atoms with Crippen molar-refractivity contribution in [3.8, 4) is 11.3 Å². The van der Waals surface area contributed by atoms with Gasteiger partial charge in [-0.1, -0.05) is 0 Å². The lowest BCUT2D eigenvalue weighted by Gasteiger charge is -2.00. The van der Waals surface area contributed by atoms with Crippen LogP contribution in [0.4, 0.5) is 5.82 Å². The fraction of sp³-hybridized carbons (Fsp3) is 0. The largest absolute Gasteiger partial charge is 0.384 e. The summed E-state index contributed by atoms with van der Waals surface area (Å²) < 4.78 is 1.96. The highest BCUT2D eigenvalue weighted by Gasteiger charge is 2.05. The SMILES string of the molecule is Nc1ccc(-c2cnc3cnccn23)cn1. The molecule has 0 saturated carbocycles. The Bertz CT molecular complexity index is 626. The molecule has 0 radical (unpaired) electrons. The summed E-state index contributed by atoms with van der Waals surface area (Å²) in [6, 6.07) is 3.70. The van der Waals surface area contributed by atoms with E-state index in [1.807, 2.05) is 16.7 Å². The van der Waals surface area contributed by atoms with Crippen LogP contribution in [0.2, 0.25) is 0 Å². The average molecular weight is 211 g/mol. The maximum atomic E-state index is 5.55. The molecule has 0 spiro atoms. The minimum atomic E-state index is 0.513. The van der Waals surface area contributed by atoms with E-state index in [1.165, 1.54) is 0 Å². The number of hydrogen-bond donors (Lipinski definition) is 1. The maximum Gasteiger partial charge on any atom is 0.155 e. The molecule has 5 heteroatoms. The Kier molecular flexibility index (Phi) is 1.83. The van der Waals surface area contributed by atoms with E-state index in [0.29, 0.717) is 5.82 Å². The van der Waals surface area contributed by atoms with Crippen LogP contribution >= 0.6 is 0 Å². The first kappa shape index (κ1) is 8.84. The van der Waals surface area contributed by atoms with Crippen LogP contribution < -0.4 is 5.73 Å². The van der Waals surface area contributed by atoms with Gasteiger partial charge in [0.15, 0.2) is 5.65 Å². The molecule has 5 nitrogen and oxygen atoms in total. The molecule has 78 valence electrons. The van der Waals surface area contributed by atoms with Crippen molar-refractivity contribution >= 4 is 11.5 Å². The molecule has 0 bridgehead atoms. The second kappa shape index (κ2) is 3.30. The van der Waals surface area contributed by atoms with Crippen LogP contribution in [-0.4, -0.2) is 19.4 Å². The topological polar surface area (TPSA) is 69.1 Å². The third-order valence-corrected chi connectivity index (χ3v) is 2.40. The van der Waals surface area contributed by atoms with Crippen molar-refractivity contribution in [3.63, 3.8) is 0 Å². The molecule has 16 heavy (non-hydrogen) atoms. The van der Waals surface area contributed by atoms with Crippen LogP contribution in [0.3, 0.4) is 0 Å². The van der Waals surface area contributed by atoms with Crippen molar-refractivity contribution in [1.29, 1.82) is 0 Å². The van der Waals surface area contributed by atoms with E-state index in [2.05, 4.69) is 15.0 Å². The zero-order valence-corrected chi connectivity index (χ0v) is 8.41. The van der Waals surface area contributed by atoms with E-state index < -0.39 is 0 Å². The van der Waals surface area contributed by atoms with Gasteiger partial charge in [0, 0.05) is 24.2 Å². The number of nitrogens with zero attached hydrogens (tertiary/aromatic N) is 4. The van der Waals surface area contributed by atoms with Crippen molar-refractivity contribution < 1.29 is 0 Å². The minimum Gasteiger partial charge on any atom is -0.384 e. The molecule has 0 fully saturated rings. The van der Waals surface area contributed by atoms with Gasteiger partial charge < -0.3 is 5.73 Å². The number of hydrogen-bond acceptors (Lipinski definition) is 4. The van der Waals surface area contributed by atoms with Crippen molar-refractivity contribution in [1.82, 2.24) is 19.4 Å². The first-order chi connectivity index (χ1) is 7.84. The summed E-state index contributed by atoms with van der Waals surface area (Å²) in [5.74, 6) is 0.513. The highest BCUT2D eigenvalue weighted by molar-refractivity contribution is 5.63. The second-order valence-electron chi connectivity index (χ2n) is 3.42. The van der Waals surface area contributed by atoms with E-state index in [0.717, 1.165) is 16.9 Å². The van der Waals surface area contributed by atoms with Crippen LogP contribution in [0.5, 0.6) is 0 Å². The van der Waals surface area contributed by atoms with Gasteiger partial charge in [0.1, 0.15) is 5.82 Å². The van der Waals surface area contributed by atoms with Gasteiger partial charge in [-0.05, 0) is 12.1 Å². The van der Waals surface area contributed by atoms with Crippen molar-refractivity contribution in [2.24, 2.45) is 0 Å². The number of pyridine rings is 1. The summed E-state index contributed by atoms with van der Waals surface area (Å²) in [4.78, 5) is 12.3. The molecular weight excluding hydrogens is 202 g/mol. The first-order valence-electron chi connectivity index (χ1n) is 4.83. The lowest BCUT2D eigenvalue weighted by molar-refractivity contribution is 1.13. The number of rotatable bonds is 1. The third kappa shape index (κ3) is 1.30. The molecule has 3 rings (SSSR count). The van der Waals surface area contributed by atoms with Gasteiger partial charge in [0.05, 0.1) is 18.1 Å². The average Bonchev–Trinajstić information content (AvgIpc) is 2.74. The first-order valence-corrected chi connectivity index (χ1v) is 4.83. The van der Waals surface area contributed by atoms with Crippen molar-refractivity contribution in [2.45, 2.75) is 0 Å². The molecule has 0 aliphatic heterocycles. The molecule has 0 aliphatic carbocycles. The van der Waals surface area contributed by atoms with Crippen LogP contribution in [0.15, 0.2) is 43.1 Å². The number of imidazole rings is 1. The Morgan fingerprint density at radius 2 is 2.00 bits per heavy atom. The molecule has 0 aromatic carbocycles. The Hall–Kier alpha value is -2.43. The Labute approximate surface area is 91.6 Å². The van der Waals surface area contributed by atoms with Crippen molar-refractivity contribution in [3.05, 3.63) is 43.1 Å². The monoisotopic (exact) mass is 211 g/mol. The van der Waals surface area contributed by atoms with Gasteiger partial charge >= 0.3 is 0 Å². The van der Waals surface area contributed by atoms with E-state index in [-0.39, 0.29) is 0 Å². The summed E-state index contributed by atoms with van der Waals surface area (Å²) in [7, 11) is 0. The van der Waals surface area contributed by atoms with Gasteiger partial charge in [0.2, 0.25) is 0 Å². The summed E-state index contributed by atoms with van der Waals surface area (Å²) in [6.45, 7) is 0. The number of nitrogen functional groups attached to an aromatic ring is 1. The summed E-state index contributed by atoms with van der Waals surface area (Å²) in [5, 5.41) is 0. The van der Waals surface area contributed by atoms with Gasteiger partial charge in [-0.3, -0.25) is 9.38 Å². The quantitative estimate of drug-likeness (QED) is 0.660. The maximum absolute atomic E-state index is 5.55. The highest BCUT2D eigenvalue weighted by Crippen LogP contribution is 2.19. The predicted octanol–water partition coefficient (Wildman–Crippen LogP) is 1.37. The molecule has 3 aromatic rings. The summed E-state index contributed by atoms with van der Waals surface area (Å²) in [6.07, 6.45) is 8.84. The Balaban J connectivity index is 2.22. The standard InChI is InChI=1S/C11H9N5/c12-10-2-1-8(5-14-10)9-6-15-11-7-13-3-4-16(9)11/h1-7H,(H2,12,14).